The van der Waals surface area contributed by atoms with Crippen molar-refractivity contribution in [2.75, 3.05) is 26.6 Å². The summed E-state index contributed by atoms with van der Waals surface area (Å²) < 4.78 is 44.2. The lowest BCUT2D eigenvalue weighted by atomic mass is 9.60. The van der Waals surface area contributed by atoms with Crippen LogP contribution in [0.5, 0.6) is 0 Å². The van der Waals surface area contributed by atoms with E-state index in [1.165, 1.54) is 0 Å². The zero-order valence-corrected chi connectivity index (χ0v) is 25.4. The molecule has 1 saturated carbocycles. The Morgan fingerprint density at radius 1 is 1.05 bits per heavy atom. The highest BCUT2D eigenvalue weighted by molar-refractivity contribution is 8.54. The third-order valence-electron chi connectivity index (χ3n) is 9.02. The fraction of sp³-hybridized carbons (Fsp3) is 0.917. The van der Waals surface area contributed by atoms with Crippen LogP contribution in [0, 0.1) is 11.3 Å². The van der Waals surface area contributed by atoms with Gasteiger partial charge in [-0.05, 0) is 73.5 Å². The summed E-state index contributed by atoms with van der Waals surface area (Å²) in [6.07, 6.45) is 8.39. The summed E-state index contributed by atoms with van der Waals surface area (Å²) in [5.41, 5.74) is -0.923. The summed E-state index contributed by atoms with van der Waals surface area (Å²) in [5.74, 6) is 0.545. The van der Waals surface area contributed by atoms with Crippen molar-refractivity contribution in [3.8, 4) is 0 Å². The van der Waals surface area contributed by atoms with Crippen LogP contribution in [-0.2, 0) is 28.0 Å². The molecule has 0 aromatic rings. The molecule has 4 saturated heterocycles. The molecule has 0 radical (unpaired) electrons. The minimum absolute atomic E-state index is 0.00668. The molecule has 7 nitrogen and oxygen atoms in total. The van der Waals surface area contributed by atoms with Gasteiger partial charge in [0.25, 0.3) is 0 Å². The largest absolute Gasteiger partial charge is 0.387 e. The van der Waals surface area contributed by atoms with E-state index in [4.69, 9.17) is 47.9 Å². The molecule has 0 amide bonds. The predicted octanol–water partition coefficient (Wildman–Crippen LogP) is 4.15. The molecule has 0 aromatic heterocycles. The highest BCUT2D eigenvalue weighted by Crippen LogP contribution is 2.69. The van der Waals surface area contributed by atoms with E-state index in [1.807, 2.05) is 0 Å². The number of thiocarbonyl (C=S) groups is 2. The first kappa shape index (κ1) is 30.6. The van der Waals surface area contributed by atoms with Crippen LogP contribution in [0.3, 0.4) is 0 Å². The number of fused-ring (bicyclic) bond motifs is 5. The van der Waals surface area contributed by atoms with Crippen molar-refractivity contribution in [2.45, 2.75) is 99.9 Å². The molecule has 37 heavy (non-hydrogen) atoms. The molecule has 2 bridgehead atoms. The molecule has 5 rings (SSSR count). The Hall–Kier alpha value is 0.650. The van der Waals surface area contributed by atoms with Crippen LogP contribution in [0.25, 0.3) is 0 Å². The van der Waals surface area contributed by atoms with Gasteiger partial charge in [0, 0.05) is 43.3 Å². The molecule has 13 heteroatoms. The van der Waals surface area contributed by atoms with Crippen LogP contribution in [-0.4, -0.2) is 92.7 Å². The van der Waals surface area contributed by atoms with Gasteiger partial charge in [-0.3, -0.25) is 4.52 Å². The Balaban J connectivity index is 1.54. The molecular weight excluding hydrogens is 549 g/mol. The molecule has 5 aliphatic rings. The van der Waals surface area contributed by atoms with Crippen molar-refractivity contribution in [2.24, 2.45) is 11.3 Å². The maximum absolute atomic E-state index is 13.4. The second-order valence-electron chi connectivity index (χ2n) is 11.2. The first-order chi connectivity index (χ1) is 17.8. The SMILES string of the molecule is COC[C@H]1O[C@@H](BCCC=S)CC1C12CCC([C@H]3O[C@@H](BCCC=S)CC3OC)(CC1)CSP(=O)(O)O2. The lowest BCUT2D eigenvalue weighted by molar-refractivity contribution is -0.128. The molecule has 1 aliphatic carbocycles. The number of rotatable bonds is 13. The van der Waals surface area contributed by atoms with E-state index < -0.39 is 12.4 Å². The maximum Gasteiger partial charge on any atom is 0.387 e. The van der Waals surface area contributed by atoms with E-state index >= 15 is 0 Å². The van der Waals surface area contributed by atoms with Gasteiger partial charge in [-0.25, -0.2) is 4.57 Å². The van der Waals surface area contributed by atoms with Crippen molar-refractivity contribution < 1.29 is 32.9 Å². The average Bonchev–Trinajstić information content (AvgIpc) is 3.48. The molecule has 4 aliphatic heterocycles. The van der Waals surface area contributed by atoms with Gasteiger partial charge in [-0.2, -0.15) is 0 Å². The molecule has 208 valence electrons. The topological polar surface area (TPSA) is 83.5 Å². The molecule has 7 atom stereocenters. The molecule has 0 spiro atoms. The normalized spacial score (nSPS) is 43.8. The zero-order valence-electron chi connectivity index (χ0n) is 22.1. The van der Waals surface area contributed by atoms with Crippen LogP contribution in [0.1, 0.15) is 51.4 Å². The van der Waals surface area contributed by atoms with E-state index in [2.05, 4.69) is 0 Å². The fourth-order valence-corrected chi connectivity index (χ4v) is 11.0. The highest BCUT2D eigenvalue weighted by atomic mass is 32.7. The summed E-state index contributed by atoms with van der Waals surface area (Å²) in [6.45, 7) is -3.42. The van der Waals surface area contributed by atoms with E-state index in [1.54, 1.807) is 25.0 Å². The Labute approximate surface area is 237 Å². The quantitative estimate of drug-likeness (QED) is 0.146. The fourth-order valence-electron chi connectivity index (χ4n) is 7.11. The number of hydrogen-bond donors (Lipinski definition) is 1. The van der Waals surface area contributed by atoms with E-state index in [0.717, 1.165) is 77.1 Å². The van der Waals surface area contributed by atoms with Gasteiger partial charge in [0.2, 0.25) is 0 Å². The minimum Gasteiger partial charge on any atom is -0.382 e. The maximum atomic E-state index is 13.4. The van der Waals surface area contributed by atoms with Crippen LogP contribution < -0.4 is 0 Å². The zero-order chi connectivity index (χ0) is 26.5. The monoisotopic (exact) mass is 590 g/mol. The summed E-state index contributed by atoms with van der Waals surface area (Å²) in [6, 6.07) is 0.228. The van der Waals surface area contributed by atoms with Crippen LogP contribution in [0.15, 0.2) is 0 Å². The Morgan fingerprint density at radius 3 is 2.30 bits per heavy atom. The van der Waals surface area contributed by atoms with Crippen molar-refractivity contribution in [1.29, 1.82) is 0 Å². The van der Waals surface area contributed by atoms with Gasteiger partial charge >= 0.3 is 6.80 Å². The summed E-state index contributed by atoms with van der Waals surface area (Å²) >= 11 is 11.1. The lowest BCUT2D eigenvalue weighted by Crippen LogP contribution is -2.55. The molecule has 5 fully saturated rings. The molecule has 4 heterocycles. The van der Waals surface area contributed by atoms with Crippen LogP contribution in [0.2, 0.25) is 12.6 Å². The predicted molar refractivity (Wildman–Crippen MR) is 160 cm³/mol. The average molecular weight is 590 g/mol. The second kappa shape index (κ2) is 13.5. The van der Waals surface area contributed by atoms with Crippen LogP contribution >= 0.6 is 42.6 Å². The second-order valence-corrected chi connectivity index (χ2v) is 15.7. The van der Waals surface area contributed by atoms with Gasteiger partial charge in [0.15, 0.2) is 14.6 Å². The smallest absolute Gasteiger partial charge is 0.382 e. The third-order valence-corrected chi connectivity index (χ3v) is 12.7. The van der Waals surface area contributed by atoms with Crippen molar-refractivity contribution >= 4 is 67.9 Å². The van der Waals surface area contributed by atoms with Crippen molar-refractivity contribution in [1.82, 2.24) is 0 Å². The van der Waals surface area contributed by atoms with Crippen molar-refractivity contribution in [3.05, 3.63) is 0 Å². The Bertz CT molecular complexity index is 832. The summed E-state index contributed by atoms with van der Waals surface area (Å²) in [5, 5.41) is 3.56. The van der Waals surface area contributed by atoms with Gasteiger partial charge in [-0.1, -0.05) is 37.1 Å². The van der Waals surface area contributed by atoms with Gasteiger partial charge in [-0.15, -0.1) is 0 Å². The minimum atomic E-state index is -3.87. The standard InChI is InChI=1S/C24H41B2O7PS3/c1-29-15-19-17(13-20(31-19)25-9-3-11-35)24-7-5-23(6-8-24,16-37-34(27,28)33-24)22-18(30-2)14-21(32-22)26-10-4-12-36/h11-12,17-22,25-26H,3-10,13-16H2,1-2H3,(H,27,28)/t17?,18?,19-,20-,21-,22+,23?,24?/m1/s1. The van der Waals surface area contributed by atoms with E-state index in [0.29, 0.717) is 25.2 Å². The van der Waals surface area contributed by atoms with E-state index in [-0.39, 0.29) is 41.7 Å². The lowest BCUT2D eigenvalue weighted by Gasteiger charge is -2.54. The first-order valence-corrected chi connectivity index (χ1v) is 17.8. The van der Waals surface area contributed by atoms with Crippen LogP contribution in [0.4, 0.5) is 0 Å². The number of hydrogen-bond acceptors (Lipinski definition) is 9. The first-order valence-electron chi connectivity index (χ1n) is 13.7. The summed E-state index contributed by atoms with van der Waals surface area (Å²) in [4.78, 5) is 11.0. The van der Waals surface area contributed by atoms with E-state index in [9.17, 15) is 9.46 Å². The molecule has 1 N–H and O–H groups in total. The Morgan fingerprint density at radius 2 is 1.70 bits per heavy atom. The Kier molecular flexibility index (Phi) is 11.2. The van der Waals surface area contributed by atoms with Gasteiger partial charge in [0.1, 0.15) is 0 Å². The third kappa shape index (κ3) is 7.11. The van der Waals surface area contributed by atoms with Crippen molar-refractivity contribution in [3.63, 3.8) is 0 Å². The number of ether oxygens (including phenoxy) is 4. The molecule has 3 unspecified atom stereocenters. The van der Waals surface area contributed by atoms with Gasteiger partial charge < -0.3 is 23.8 Å². The molecular formula is C24H41B2O7PS3. The summed E-state index contributed by atoms with van der Waals surface area (Å²) in [7, 11) is 5.32. The molecule has 0 aromatic carbocycles. The number of methoxy groups -OCH3 is 2. The van der Waals surface area contributed by atoms with Gasteiger partial charge in [0.05, 0.1) is 30.5 Å². The highest BCUT2D eigenvalue weighted by Gasteiger charge is 2.61.